The van der Waals surface area contributed by atoms with Gasteiger partial charge in [0, 0.05) is 5.41 Å². The molecule has 0 saturated heterocycles. The van der Waals surface area contributed by atoms with Gasteiger partial charge in [0.1, 0.15) is 5.92 Å². The summed E-state index contributed by atoms with van der Waals surface area (Å²) in [6.45, 7) is 9.38. The molecule has 0 aliphatic heterocycles. The molecule has 10 heavy (non-hydrogen) atoms. The molecule has 0 aromatic heterocycles. The van der Waals surface area contributed by atoms with Crippen molar-refractivity contribution in [2.24, 2.45) is 11.3 Å². The van der Waals surface area contributed by atoms with Crippen molar-refractivity contribution in [1.29, 1.82) is 0 Å². The van der Waals surface area contributed by atoms with Gasteiger partial charge in [0.2, 0.25) is 0 Å². The first-order chi connectivity index (χ1) is 4.52. The highest BCUT2D eigenvalue weighted by Crippen LogP contribution is 2.44. The third-order valence-corrected chi connectivity index (χ3v) is 2.70. The quantitative estimate of drug-likeness (QED) is 0.451. The van der Waals surface area contributed by atoms with E-state index in [-0.39, 0.29) is 0 Å². The fourth-order valence-corrected chi connectivity index (χ4v) is 2.18. The molecule has 0 N–H and O–H groups in total. The van der Waals surface area contributed by atoms with Gasteiger partial charge in [0.05, 0.1) is 19.3 Å². The van der Waals surface area contributed by atoms with E-state index in [9.17, 15) is 0 Å². The first-order valence-electron chi connectivity index (χ1n) is 4.34. The summed E-state index contributed by atoms with van der Waals surface area (Å²) in [5, 5.41) is 0. The Morgan fingerprint density at radius 2 is 1.90 bits per heavy atom. The predicted octanol–water partition coefficient (Wildman–Crippen LogP) is 3.43. The molecule has 0 aromatic carbocycles. The van der Waals surface area contributed by atoms with Gasteiger partial charge in [-0.3, -0.25) is 0 Å². The molecule has 1 aliphatic rings. The zero-order chi connectivity index (χ0) is 7.78. The minimum absolute atomic E-state index is 0.514. The van der Waals surface area contributed by atoms with E-state index in [0.29, 0.717) is 5.41 Å². The maximum absolute atomic E-state index is 2.35. The maximum Gasteiger partial charge on any atom is 0.105 e. The summed E-state index contributed by atoms with van der Waals surface area (Å²) in [6, 6.07) is 0. The van der Waals surface area contributed by atoms with E-state index in [4.69, 9.17) is 0 Å². The predicted molar refractivity (Wildman–Crippen MR) is 45.7 cm³/mol. The Balaban J connectivity index is 2.55. The SMILES string of the molecule is C[C+]1CCCC1C(C)(C)C. The lowest BCUT2D eigenvalue weighted by Crippen LogP contribution is -2.21. The summed E-state index contributed by atoms with van der Waals surface area (Å²) in [5.74, 6) is 2.62. The molecule has 1 saturated carbocycles. The Morgan fingerprint density at radius 1 is 1.30 bits per heavy atom. The summed E-state index contributed by atoms with van der Waals surface area (Å²) in [4.78, 5) is 0. The van der Waals surface area contributed by atoms with Crippen LogP contribution >= 0.6 is 0 Å². The molecular weight excluding hydrogens is 120 g/mol. The molecule has 0 heteroatoms. The molecule has 1 fully saturated rings. The Morgan fingerprint density at radius 3 is 2.10 bits per heavy atom. The number of rotatable bonds is 0. The minimum atomic E-state index is 0.514. The average Bonchev–Trinajstić information content (AvgIpc) is 2.11. The second kappa shape index (κ2) is 2.48. The lowest BCUT2D eigenvalue weighted by Gasteiger charge is -2.23. The van der Waals surface area contributed by atoms with Crippen LogP contribution in [0.25, 0.3) is 0 Å². The van der Waals surface area contributed by atoms with E-state index in [0.717, 1.165) is 5.92 Å². The van der Waals surface area contributed by atoms with Gasteiger partial charge in [-0.1, -0.05) is 20.8 Å². The monoisotopic (exact) mass is 139 g/mol. The van der Waals surface area contributed by atoms with E-state index in [2.05, 4.69) is 27.7 Å². The van der Waals surface area contributed by atoms with Crippen LogP contribution in [0.5, 0.6) is 0 Å². The standard InChI is InChI=1S/C10H19/c1-8-6-5-7-9(8)10(2,3)4/h9H,5-7H2,1-4H3/q+1. The fourth-order valence-electron chi connectivity index (χ4n) is 2.18. The molecule has 1 aliphatic carbocycles. The lowest BCUT2D eigenvalue weighted by molar-refractivity contribution is 0.264. The average molecular weight is 139 g/mol. The van der Waals surface area contributed by atoms with Gasteiger partial charge in [-0.05, 0) is 12.8 Å². The maximum atomic E-state index is 2.35. The molecule has 1 unspecified atom stereocenters. The van der Waals surface area contributed by atoms with Crippen LogP contribution in [0.1, 0.15) is 47.0 Å². The molecule has 0 amide bonds. The third kappa shape index (κ3) is 1.47. The Kier molecular flexibility index (Phi) is 1.98. The summed E-state index contributed by atoms with van der Waals surface area (Å²) in [7, 11) is 0. The van der Waals surface area contributed by atoms with Gasteiger partial charge in [-0.2, -0.15) is 0 Å². The Labute approximate surface area is 65.0 Å². The topological polar surface area (TPSA) is 0 Å². The van der Waals surface area contributed by atoms with Gasteiger partial charge in [-0.25, -0.2) is 0 Å². The van der Waals surface area contributed by atoms with Gasteiger partial charge in [-0.15, -0.1) is 0 Å². The van der Waals surface area contributed by atoms with Gasteiger partial charge in [0.25, 0.3) is 0 Å². The minimum Gasteiger partial charge on any atom is -0.0558 e. The molecule has 0 heterocycles. The van der Waals surface area contributed by atoms with Crippen LogP contribution in [0, 0.1) is 17.3 Å². The molecule has 0 nitrogen and oxygen atoms in total. The summed E-state index contributed by atoms with van der Waals surface area (Å²) in [5.41, 5.74) is 0.514. The molecule has 0 bridgehead atoms. The zero-order valence-corrected chi connectivity index (χ0v) is 7.70. The van der Waals surface area contributed by atoms with Crippen LogP contribution in [0.15, 0.2) is 0 Å². The van der Waals surface area contributed by atoms with Crippen LogP contribution in [0.4, 0.5) is 0 Å². The highest BCUT2D eigenvalue weighted by atomic mass is 14.4. The van der Waals surface area contributed by atoms with Crippen LogP contribution < -0.4 is 0 Å². The van der Waals surface area contributed by atoms with Crippen molar-refractivity contribution in [3.63, 3.8) is 0 Å². The summed E-state index contributed by atoms with van der Waals surface area (Å²) >= 11 is 0. The van der Waals surface area contributed by atoms with E-state index in [1.165, 1.54) is 19.3 Å². The molecule has 1 rings (SSSR count). The molecule has 0 radical (unpaired) electrons. The molecule has 1 atom stereocenters. The lowest BCUT2D eigenvalue weighted by atomic mass is 9.75. The molecule has 0 aromatic rings. The van der Waals surface area contributed by atoms with Crippen molar-refractivity contribution in [3.05, 3.63) is 5.92 Å². The van der Waals surface area contributed by atoms with Crippen molar-refractivity contribution < 1.29 is 0 Å². The van der Waals surface area contributed by atoms with Crippen molar-refractivity contribution in [2.75, 3.05) is 0 Å². The van der Waals surface area contributed by atoms with E-state index >= 15 is 0 Å². The normalized spacial score (nSPS) is 27.6. The van der Waals surface area contributed by atoms with Crippen LogP contribution in [-0.2, 0) is 0 Å². The second-order valence-corrected chi connectivity index (χ2v) is 4.66. The first kappa shape index (κ1) is 7.97. The Hall–Kier alpha value is -0.130. The molecular formula is C10H19+. The fraction of sp³-hybridized carbons (Fsp3) is 0.900. The Bertz CT molecular complexity index is 108. The number of hydrogen-bond acceptors (Lipinski definition) is 0. The van der Waals surface area contributed by atoms with Gasteiger partial charge in [0.15, 0.2) is 0 Å². The van der Waals surface area contributed by atoms with Crippen molar-refractivity contribution in [2.45, 2.75) is 47.0 Å². The molecule has 0 spiro atoms. The van der Waals surface area contributed by atoms with Gasteiger partial charge < -0.3 is 0 Å². The van der Waals surface area contributed by atoms with E-state index < -0.39 is 0 Å². The highest BCUT2D eigenvalue weighted by molar-refractivity contribution is 5.02. The highest BCUT2D eigenvalue weighted by Gasteiger charge is 2.41. The summed E-state index contributed by atoms with van der Waals surface area (Å²) in [6.07, 6.45) is 4.23. The van der Waals surface area contributed by atoms with Crippen molar-refractivity contribution in [1.82, 2.24) is 0 Å². The van der Waals surface area contributed by atoms with Crippen molar-refractivity contribution >= 4 is 0 Å². The largest absolute Gasteiger partial charge is 0.105 e. The third-order valence-electron chi connectivity index (χ3n) is 2.70. The second-order valence-electron chi connectivity index (χ2n) is 4.66. The van der Waals surface area contributed by atoms with Gasteiger partial charge >= 0.3 is 0 Å². The number of hydrogen-bond donors (Lipinski definition) is 0. The van der Waals surface area contributed by atoms with E-state index in [1.807, 2.05) is 0 Å². The van der Waals surface area contributed by atoms with Crippen LogP contribution in [-0.4, -0.2) is 0 Å². The van der Waals surface area contributed by atoms with Crippen LogP contribution in [0.2, 0.25) is 0 Å². The first-order valence-corrected chi connectivity index (χ1v) is 4.34. The van der Waals surface area contributed by atoms with E-state index in [1.54, 1.807) is 5.92 Å². The summed E-state index contributed by atoms with van der Waals surface area (Å²) < 4.78 is 0. The van der Waals surface area contributed by atoms with Crippen molar-refractivity contribution in [3.8, 4) is 0 Å². The zero-order valence-electron chi connectivity index (χ0n) is 7.70. The smallest absolute Gasteiger partial charge is 0.0558 e. The molecule has 58 valence electrons. The van der Waals surface area contributed by atoms with Crippen LogP contribution in [0.3, 0.4) is 0 Å².